The predicted molar refractivity (Wildman–Crippen MR) is 124 cm³/mol. The first-order valence-corrected chi connectivity index (χ1v) is 10.9. The van der Waals surface area contributed by atoms with Crippen LogP contribution in [0.5, 0.6) is 0 Å². The summed E-state index contributed by atoms with van der Waals surface area (Å²) in [5.41, 5.74) is 4.56. The molecule has 0 saturated heterocycles. The van der Waals surface area contributed by atoms with Gasteiger partial charge in [0.05, 0.1) is 12.6 Å². The van der Waals surface area contributed by atoms with Gasteiger partial charge in [0.2, 0.25) is 5.91 Å². The molecule has 8 heteroatoms. The van der Waals surface area contributed by atoms with Crippen molar-refractivity contribution >= 4 is 46.5 Å². The number of carboxylic acid groups (broad SMARTS) is 1. The van der Waals surface area contributed by atoms with Gasteiger partial charge in [-0.2, -0.15) is 0 Å². The Hall–Kier alpha value is -2.54. The van der Waals surface area contributed by atoms with Gasteiger partial charge < -0.3 is 20.3 Å². The highest BCUT2D eigenvalue weighted by Gasteiger charge is 2.28. The fraction of sp³-hybridized carbons (Fsp3) is 0.304. The number of aromatic amines is 1. The summed E-state index contributed by atoms with van der Waals surface area (Å²) in [4.78, 5) is 27.0. The number of fused-ring (bicyclic) bond motifs is 3. The Balaban J connectivity index is 0.000000858. The zero-order valence-corrected chi connectivity index (χ0v) is 18.7. The third kappa shape index (κ3) is 5.58. The number of carbonyl (C=O) groups excluding carboxylic acids is 1. The molecular weight excluding hydrogens is 437 g/mol. The lowest BCUT2D eigenvalue weighted by atomic mass is 10.0. The summed E-state index contributed by atoms with van der Waals surface area (Å²) in [6.45, 7) is 3.84. The largest absolute Gasteiger partial charge is 0.483 e. The number of likely N-dealkylation sites (N-methyl/N-ethyl adjacent to an activating group) is 1. The smallest absolute Gasteiger partial charge is 0.290 e. The number of carbonyl (C=O) groups is 2. The van der Waals surface area contributed by atoms with E-state index in [1.807, 2.05) is 54.3 Å². The van der Waals surface area contributed by atoms with Gasteiger partial charge in [-0.1, -0.05) is 42.3 Å². The molecule has 2 heterocycles. The third-order valence-electron chi connectivity index (χ3n) is 5.35. The van der Waals surface area contributed by atoms with Crippen molar-refractivity contribution < 1.29 is 14.7 Å². The van der Waals surface area contributed by atoms with Crippen LogP contribution in [-0.2, 0) is 29.0 Å². The van der Waals surface area contributed by atoms with E-state index in [0.717, 1.165) is 34.8 Å². The van der Waals surface area contributed by atoms with Gasteiger partial charge in [-0.3, -0.25) is 9.59 Å². The van der Waals surface area contributed by atoms with Crippen LogP contribution in [0.25, 0.3) is 10.9 Å². The summed E-state index contributed by atoms with van der Waals surface area (Å²) in [6.07, 6.45) is 1.48. The lowest BCUT2D eigenvalue weighted by Gasteiger charge is -2.31. The first-order valence-electron chi connectivity index (χ1n) is 10.1. The highest BCUT2D eigenvalue weighted by molar-refractivity contribution is 6.31. The summed E-state index contributed by atoms with van der Waals surface area (Å²) >= 11 is 12.1. The molecule has 164 valence electrons. The number of nitrogens with zero attached hydrogens (tertiary/aromatic N) is 1. The number of amides is 1. The van der Waals surface area contributed by atoms with Gasteiger partial charge in [-0.25, -0.2) is 0 Å². The monoisotopic (exact) mass is 461 g/mol. The Morgan fingerprint density at radius 2 is 1.90 bits per heavy atom. The van der Waals surface area contributed by atoms with Crippen LogP contribution < -0.4 is 5.32 Å². The van der Waals surface area contributed by atoms with E-state index >= 15 is 0 Å². The van der Waals surface area contributed by atoms with E-state index in [-0.39, 0.29) is 18.4 Å². The number of benzene rings is 2. The van der Waals surface area contributed by atoms with E-state index in [2.05, 4.69) is 10.3 Å². The van der Waals surface area contributed by atoms with Crippen molar-refractivity contribution in [3.8, 4) is 0 Å². The van der Waals surface area contributed by atoms with Gasteiger partial charge in [0, 0.05) is 33.2 Å². The van der Waals surface area contributed by atoms with Gasteiger partial charge in [0.25, 0.3) is 6.47 Å². The molecule has 3 aromatic rings. The number of nitrogens with one attached hydrogen (secondary N) is 2. The molecule has 1 atom stereocenters. The van der Waals surface area contributed by atoms with Crippen molar-refractivity contribution in [1.82, 2.24) is 15.2 Å². The second kappa shape index (κ2) is 10.7. The molecule has 2 aromatic carbocycles. The molecule has 0 radical (unpaired) electrons. The summed E-state index contributed by atoms with van der Waals surface area (Å²) in [5, 5.41) is 12.8. The molecular formula is C23H25Cl2N3O3. The number of H-pyrrole nitrogens is 1. The molecule has 1 aliphatic heterocycles. The van der Waals surface area contributed by atoms with Crippen molar-refractivity contribution in [3.63, 3.8) is 0 Å². The Labute approximate surface area is 191 Å². The molecule has 6 nitrogen and oxygen atoms in total. The summed E-state index contributed by atoms with van der Waals surface area (Å²) < 4.78 is 0. The molecule has 0 saturated carbocycles. The van der Waals surface area contributed by atoms with Crippen LogP contribution in [0, 0.1) is 0 Å². The van der Waals surface area contributed by atoms with Gasteiger partial charge in [-0.05, 0) is 60.8 Å². The molecule has 1 amide bonds. The highest BCUT2D eigenvalue weighted by Crippen LogP contribution is 2.30. The number of rotatable bonds is 5. The van der Waals surface area contributed by atoms with E-state index in [1.165, 1.54) is 10.9 Å². The van der Waals surface area contributed by atoms with Gasteiger partial charge in [-0.15, -0.1) is 0 Å². The topological polar surface area (TPSA) is 85.4 Å². The molecule has 31 heavy (non-hydrogen) atoms. The van der Waals surface area contributed by atoms with Crippen LogP contribution in [0.2, 0.25) is 10.0 Å². The van der Waals surface area contributed by atoms with E-state index in [0.29, 0.717) is 24.5 Å². The first-order chi connectivity index (χ1) is 15.0. The minimum absolute atomic E-state index is 0.138. The molecule has 0 aliphatic carbocycles. The van der Waals surface area contributed by atoms with Crippen LogP contribution in [0.15, 0.2) is 42.5 Å². The maximum absolute atomic E-state index is 13.2. The lowest BCUT2D eigenvalue weighted by molar-refractivity contribution is -0.134. The van der Waals surface area contributed by atoms with Crippen molar-refractivity contribution in [2.45, 2.75) is 32.4 Å². The van der Waals surface area contributed by atoms with Gasteiger partial charge >= 0.3 is 0 Å². The van der Waals surface area contributed by atoms with Gasteiger partial charge in [0.1, 0.15) is 0 Å². The van der Waals surface area contributed by atoms with Crippen LogP contribution in [0.3, 0.4) is 0 Å². The summed E-state index contributed by atoms with van der Waals surface area (Å²) in [6, 6.07) is 13.4. The fourth-order valence-corrected chi connectivity index (χ4v) is 4.27. The Morgan fingerprint density at radius 1 is 1.23 bits per heavy atom. The molecule has 3 N–H and O–H groups in total. The fourth-order valence-electron chi connectivity index (χ4n) is 3.97. The minimum Gasteiger partial charge on any atom is -0.483 e. The van der Waals surface area contributed by atoms with Crippen molar-refractivity contribution in [2.24, 2.45) is 0 Å². The molecule has 0 spiro atoms. The van der Waals surface area contributed by atoms with Gasteiger partial charge in [0.15, 0.2) is 0 Å². The molecule has 0 bridgehead atoms. The zero-order chi connectivity index (χ0) is 22.4. The molecule has 0 fully saturated rings. The Bertz CT molecular complexity index is 1050. The van der Waals surface area contributed by atoms with Crippen molar-refractivity contribution in [2.75, 3.05) is 13.1 Å². The lowest BCUT2D eigenvalue weighted by Crippen LogP contribution is -2.49. The Morgan fingerprint density at radius 3 is 2.58 bits per heavy atom. The van der Waals surface area contributed by atoms with E-state index < -0.39 is 0 Å². The molecule has 1 unspecified atom stereocenters. The normalized spacial score (nSPS) is 13.8. The average molecular weight is 462 g/mol. The molecule has 4 rings (SSSR count). The Kier molecular flexibility index (Phi) is 7.96. The van der Waals surface area contributed by atoms with Crippen LogP contribution in [0.4, 0.5) is 0 Å². The first kappa shape index (κ1) is 23.1. The van der Waals surface area contributed by atoms with Crippen LogP contribution in [0.1, 0.15) is 23.7 Å². The van der Waals surface area contributed by atoms with Crippen LogP contribution in [-0.4, -0.2) is 46.5 Å². The third-order valence-corrected chi connectivity index (χ3v) is 5.84. The van der Waals surface area contributed by atoms with E-state index in [4.69, 9.17) is 33.1 Å². The number of hydrogen-bond acceptors (Lipinski definition) is 3. The van der Waals surface area contributed by atoms with Crippen molar-refractivity contribution in [3.05, 3.63) is 69.3 Å². The van der Waals surface area contributed by atoms with Crippen LogP contribution >= 0.6 is 23.2 Å². The number of halogens is 2. The quantitative estimate of drug-likeness (QED) is 0.494. The van der Waals surface area contributed by atoms with E-state index in [1.54, 1.807) is 0 Å². The highest BCUT2D eigenvalue weighted by atomic mass is 35.5. The molecule has 1 aromatic heterocycles. The SMILES string of the molecule is CCNC(Cc1ccc(Cl)cc1)C(=O)N1CCc2c([nH]c3ccc(Cl)cc23)C1.O=CO. The molecule has 1 aliphatic rings. The number of hydrogen-bond donors (Lipinski definition) is 3. The standard InChI is InChI=1S/C22H23Cl2N3O.CH2O2/c1-2-25-20(11-14-3-5-15(23)6-4-14)22(28)27-10-9-17-18-12-16(24)7-8-19(18)26-21(17)13-27;2-1-3/h3-8,12,20,25-26H,2,9-11,13H2,1H3;1H,(H,2,3). The van der Waals surface area contributed by atoms with Crippen molar-refractivity contribution in [1.29, 1.82) is 0 Å². The summed E-state index contributed by atoms with van der Waals surface area (Å²) in [7, 11) is 0. The zero-order valence-electron chi connectivity index (χ0n) is 17.2. The predicted octanol–water partition coefficient (Wildman–Crippen LogP) is 4.28. The maximum atomic E-state index is 13.2. The second-order valence-corrected chi connectivity index (χ2v) is 8.20. The average Bonchev–Trinajstić information content (AvgIpc) is 3.12. The van der Waals surface area contributed by atoms with E-state index in [9.17, 15) is 4.79 Å². The second-order valence-electron chi connectivity index (χ2n) is 7.33. The maximum Gasteiger partial charge on any atom is 0.290 e. The minimum atomic E-state index is -0.250. The summed E-state index contributed by atoms with van der Waals surface area (Å²) in [5.74, 6) is 0.138. The number of aromatic nitrogens is 1.